The monoisotopic (exact) mass is 271 g/mol. The maximum absolute atomic E-state index is 12.9. The Balaban J connectivity index is 1.82. The van der Waals surface area contributed by atoms with Crippen LogP contribution in [0.1, 0.15) is 30.0 Å². The average molecular weight is 271 g/mol. The van der Waals surface area contributed by atoms with Crippen LogP contribution in [0.4, 0.5) is 4.39 Å². The first-order chi connectivity index (χ1) is 9.74. The molecular formula is C17H18FNO. The van der Waals surface area contributed by atoms with E-state index in [4.69, 9.17) is 10.5 Å². The van der Waals surface area contributed by atoms with Crippen molar-refractivity contribution in [3.05, 3.63) is 65.5 Å². The Morgan fingerprint density at radius 3 is 2.60 bits per heavy atom. The zero-order chi connectivity index (χ0) is 13.9. The third-order valence-corrected chi connectivity index (χ3v) is 3.85. The lowest BCUT2D eigenvalue weighted by Crippen LogP contribution is -2.30. The van der Waals surface area contributed by atoms with Crippen LogP contribution in [0.5, 0.6) is 5.75 Å². The van der Waals surface area contributed by atoms with Crippen molar-refractivity contribution in [3.63, 3.8) is 0 Å². The highest BCUT2D eigenvalue weighted by atomic mass is 19.1. The summed E-state index contributed by atoms with van der Waals surface area (Å²) in [7, 11) is 0. The maximum Gasteiger partial charge on any atom is 0.123 e. The fourth-order valence-corrected chi connectivity index (χ4v) is 2.78. The quantitative estimate of drug-likeness (QED) is 0.847. The molecule has 0 fully saturated rings. The summed E-state index contributed by atoms with van der Waals surface area (Å²) in [5.74, 6) is 0.416. The molecule has 3 rings (SSSR count). The summed E-state index contributed by atoms with van der Waals surface area (Å²) in [6.45, 7) is 0. The molecule has 0 saturated heterocycles. The van der Waals surface area contributed by atoms with Gasteiger partial charge in [-0.1, -0.05) is 24.3 Å². The van der Waals surface area contributed by atoms with Gasteiger partial charge in [-0.05, 0) is 54.7 Å². The van der Waals surface area contributed by atoms with Crippen LogP contribution in [-0.2, 0) is 6.42 Å². The largest absolute Gasteiger partial charge is 0.488 e. The molecular weight excluding hydrogens is 253 g/mol. The SMILES string of the molecule is NC1c2ccccc2CCCC1Oc1ccc(F)cc1. The van der Waals surface area contributed by atoms with Gasteiger partial charge < -0.3 is 10.5 Å². The van der Waals surface area contributed by atoms with Gasteiger partial charge in [-0.3, -0.25) is 0 Å². The Morgan fingerprint density at radius 2 is 1.80 bits per heavy atom. The lowest BCUT2D eigenvalue weighted by Gasteiger charge is -2.24. The molecule has 2 aromatic carbocycles. The molecule has 2 nitrogen and oxygen atoms in total. The summed E-state index contributed by atoms with van der Waals surface area (Å²) in [6, 6.07) is 14.3. The average Bonchev–Trinajstić information content (AvgIpc) is 2.62. The zero-order valence-corrected chi connectivity index (χ0v) is 11.3. The van der Waals surface area contributed by atoms with Crippen molar-refractivity contribution in [1.82, 2.24) is 0 Å². The predicted molar refractivity (Wildman–Crippen MR) is 77.1 cm³/mol. The van der Waals surface area contributed by atoms with Gasteiger partial charge >= 0.3 is 0 Å². The van der Waals surface area contributed by atoms with Gasteiger partial charge in [-0.25, -0.2) is 4.39 Å². The molecule has 2 aromatic rings. The standard InChI is InChI=1S/C17H18FNO/c18-13-8-10-14(11-9-13)20-16-7-3-5-12-4-1-2-6-15(12)17(16)19/h1-2,4,6,8-11,16-17H,3,5,7,19H2. The van der Waals surface area contributed by atoms with Crippen LogP contribution in [0.2, 0.25) is 0 Å². The third-order valence-electron chi connectivity index (χ3n) is 3.85. The Labute approximate surface area is 118 Å². The van der Waals surface area contributed by atoms with Crippen molar-refractivity contribution in [2.24, 2.45) is 5.73 Å². The van der Waals surface area contributed by atoms with E-state index in [2.05, 4.69) is 12.1 Å². The third kappa shape index (κ3) is 2.68. The number of hydrogen-bond acceptors (Lipinski definition) is 2. The topological polar surface area (TPSA) is 35.2 Å². The molecule has 3 heteroatoms. The number of hydrogen-bond donors (Lipinski definition) is 1. The van der Waals surface area contributed by atoms with Gasteiger partial charge in [-0.2, -0.15) is 0 Å². The Morgan fingerprint density at radius 1 is 1.05 bits per heavy atom. The molecule has 0 saturated carbocycles. The first kappa shape index (κ1) is 13.1. The van der Waals surface area contributed by atoms with Gasteiger partial charge in [0.25, 0.3) is 0 Å². The second-order valence-corrected chi connectivity index (χ2v) is 5.23. The van der Waals surface area contributed by atoms with Crippen LogP contribution in [-0.4, -0.2) is 6.10 Å². The van der Waals surface area contributed by atoms with Gasteiger partial charge in [0, 0.05) is 0 Å². The maximum atomic E-state index is 12.9. The second-order valence-electron chi connectivity index (χ2n) is 5.23. The highest BCUT2D eigenvalue weighted by molar-refractivity contribution is 5.32. The van der Waals surface area contributed by atoms with E-state index in [0.29, 0.717) is 5.75 Å². The van der Waals surface area contributed by atoms with E-state index < -0.39 is 0 Å². The summed E-state index contributed by atoms with van der Waals surface area (Å²) in [5, 5.41) is 0. The molecule has 2 atom stereocenters. The van der Waals surface area contributed by atoms with E-state index in [1.165, 1.54) is 17.7 Å². The molecule has 0 radical (unpaired) electrons. The van der Waals surface area contributed by atoms with Crippen molar-refractivity contribution >= 4 is 0 Å². The smallest absolute Gasteiger partial charge is 0.123 e. The van der Waals surface area contributed by atoms with Gasteiger partial charge in [0.2, 0.25) is 0 Å². The zero-order valence-electron chi connectivity index (χ0n) is 11.3. The first-order valence-corrected chi connectivity index (χ1v) is 6.99. The molecule has 0 aliphatic heterocycles. The molecule has 20 heavy (non-hydrogen) atoms. The van der Waals surface area contributed by atoms with E-state index in [0.717, 1.165) is 24.8 Å². The Bertz CT molecular complexity index is 582. The van der Waals surface area contributed by atoms with E-state index in [-0.39, 0.29) is 18.0 Å². The van der Waals surface area contributed by atoms with Crippen LogP contribution >= 0.6 is 0 Å². The Hall–Kier alpha value is -1.87. The lowest BCUT2D eigenvalue weighted by molar-refractivity contribution is 0.162. The molecule has 104 valence electrons. The van der Waals surface area contributed by atoms with Crippen molar-refractivity contribution in [2.45, 2.75) is 31.4 Å². The molecule has 0 heterocycles. The van der Waals surface area contributed by atoms with Crippen molar-refractivity contribution in [3.8, 4) is 5.75 Å². The highest BCUT2D eigenvalue weighted by Crippen LogP contribution is 2.30. The number of rotatable bonds is 2. The highest BCUT2D eigenvalue weighted by Gasteiger charge is 2.26. The van der Waals surface area contributed by atoms with E-state index in [1.54, 1.807) is 12.1 Å². The van der Waals surface area contributed by atoms with E-state index in [9.17, 15) is 4.39 Å². The summed E-state index contributed by atoms with van der Waals surface area (Å²) in [6.07, 6.45) is 2.93. The van der Waals surface area contributed by atoms with Crippen LogP contribution in [0.15, 0.2) is 48.5 Å². The normalized spacial score (nSPS) is 21.9. The van der Waals surface area contributed by atoms with Crippen molar-refractivity contribution in [2.75, 3.05) is 0 Å². The van der Waals surface area contributed by atoms with Crippen LogP contribution in [0.25, 0.3) is 0 Å². The summed E-state index contributed by atoms with van der Waals surface area (Å²) in [4.78, 5) is 0. The van der Waals surface area contributed by atoms with Crippen molar-refractivity contribution < 1.29 is 9.13 Å². The molecule has 1 aliphatic carbocycles. The number of nitrogens with two attached hydrogens (primary N) is 1. The summed E-state index contributed by atoms with van der Waals surface area (Å²) < 4.78 is 18.9. The first-order valence-electron chi connectivity index (χ1n) is 6.99. The Kier molecular flexibility index (Phi) is 3.70. The predicted octanol–water partition coefficient (Wildman–Crippen LogP) is 3.61. The van der Waals surface area contributed by atoms with Crippen LogP contribution in [0, 0.1) is 5.82 Å². The van der Waals surface area contributed by atoms with E-state index >= 15 is 0 Å². The number of halogens is 1. The summed E-state index contributed by atoms with van der Waals surface area (Å²) in [5.41, 5.74) is 8.84. The molecule has 0 bridgehead atoms. The molecule has 1 aliphatic rings. The molecule has 0 spiro atoms. The second kappa shape index (κ2) is 5.63. The van der Waals surface area contributed by atoms with E-state index in [1.807, 2.05) is 12.1 Å². The van der Waals surface area contributed by atoms with Gasteiger partial charge in [-0.15, -0.1) is 0 Å². The lowest BCUT2D eigenvalue weighted by atomic mass is 9.98. The van der Waals surface area contributed by atoms with Crippen LogP contribution in [0.3, 0.4) is 0 Å². The van der Waals surface area contributed by atoms with Crippen LogP contribution < -0.4 is 10.5 Å². The minimum Gasteiger partial charge on any atom is -0.488 e. The molecule has 0 amide bonds. The van der Waals surface area contributed by atoms with Gasteiger partial charge in [0.1, 0.15) is 17.7 Å². The number of ether oxygens (including phenoxy) is 1. The minimum atomic E-state index is -0.257. The molecule has 2 unspecified atom stereocenters. The minimum absolute atomic E-state index is 0.0656. The molecule has 2 N–H and O–H groups in total. The number of aryl methyl sites for hydroxylation is 1. The fourth-order valence-electron chi connectivity index (χ4n) is 2.78. The van der Waals surface area contributed by atoms with Crippen molar-refractivity contribution in [1.29, 1.82) is 0 Å². The number of fused-ring (bicyclic) bond motifs is 1. The van der Waals surface area contributed by atoms with Gasteiger partial charge in [0.15, 0.2) is 0 Å². The number of benzene rings is 2. The van der Waals surface area contributed by atoms with Gasteiger partial charge in [0.05, 0.1) is 6.04 Å². The molecule has 0 aromatic heterocycles. The fraction of sp³-hybridized carbons (Fsp3) is 0.294. The summed E-state index contributed by atoms with van der Waals surface area (Å²) >= 11 is 0.